The summed E-state index contributed by atoms with van der Waals surface area (Å²) in [7, 11) is -0.179. The standard InChI is InChI=1S/C22H38O5Si/c1-17(26-16-18-8-10-21(25-5)11-9-18)14-20(24)15-19(23)12-13-27-28(6,7)22(2,3)4/h8-11,17,19,23H,12-16H2,1-7H3/t17-,19-/m1/s1. The van der Waals surface area contributed by atoms with Gasteiger partial charge in [-0.05, 0) is 49.2 Å². The molecule has 6 heteroatoms. The van der Waals surface area contributed by atoms with Crippen LogP contribution in [-0.4, -0.2) is 45.1 Å². The lowest BCUT2D eigenvalue weighted by atomic mass is 10.1. The molecule has 0 saturated heterocycles. The van der Waals surface area contributed by atoms with E-state index in [1.54, 1.807) is 7.11 Å². The van der Waals surface area contributed by atoms with Gasteiger partial charge in [-0.25, -0.2) is 0 Å². The highest BCUT2D eigenvalue weighted by atomic mass is 28.4. The van der Waals surface area contributed by atoms with Gasteiger partial charge in [-0.15, -0.1) is 0 Å². The van der Waals surface area contributed by atoms with Crippen LogP contribution in [0.15, 0.2) is 24.3 Å². The first-order chi connectivity index (χ1) is 12.9. The molecule has 0 bridgehead atoms. The van der Waals surface area contributed by atoms with E-state index in [1.165, 1.54) is 0 Å². The van der Waals surface area contributed by atoms with Gasteiger partial charge in [-0.1, -0.05) is 32.9 Å². The molecule has 1 aromatic rings. The van der Waals surface area contributed by atoms with E-state index in [0.29, 0.717) is 26.1 Å². The maximum absolute atomic E-state index is 12.2. The summed E-state index contributed by atoms with van der Waals surface area (Å²) in [5, 5.41) is 10.3. The van der Waals surface area contributed by atoms with E-state index in [-0.39, 0.29) is 23.3 Å². The third-order valence-electron chi connectivity index (χ3n) is 5.39. The minimum absolute atomic E-state index is 0.0158. The maximum atomic E-state index is 12.2. The maximum Gasteiger partial charge on any atom is 0.191 e. The fourth-order valence-corrected chi connectivity index (χ4v) is 3.52. The largest absolute Gasteiger partial charge is 0.497 e. The number of carbonyl (C=O) groups excluding carboxylic acids is 1. The van der Waals surface area contributed by atoms with Gasteiger partial charge in [0.2, 0.25) is 0 Å². The highest BCUT2D eigenvalue weighted by Crippen LogP contribution is 2.36. The van der Waals surface area contributed by atoms with Gasteiger partial charge in [-0.3, -0.25) is 4.79 Å². The number of methoxy groups -OCH3 is 1. The first kappa shape index (κ1) is 24.8. The van der Waals surface area contributed by atoms with Gasteiger partial charge in [0.25, 0.3) is 0 Å². The van der Waals surface area contributed by atoms with Crippen molar-refractivity contribution in [2.45, 2.75) is 83.9 Å². The second-order valence-corrected chi connectivity index (χ2v) is 13.8. The Balaban J connectivity index is 2.28. The number of Topliss-reactive ketones (excluding diaryl/α,β-unsaturated/α-hetero) is 1. The molecule has 28 heavy (non-hydrogen) atoms. The molecule has 160 valence electrons. The van der Waals surface area contributed by atoms with Crippen molar-refractivity contribution in [3.05, 3.63) is 29.8 Å². The van der Waals surface area contributed by atoms with Crippen molar-refractivity contribution in [3.8, 4) is 5.75 Å². The minimum Gasteiger partial charge on any atom is -0.497 e. The van der Waals surface area contributed by atoms with Crippen LogP contribution in [0.5, 0.6) is 5.75 Å². The second-order valence-electron chi connectivity index (χ2n) is 8.97. The van der Waals surface area contributed by atoms with E-state index >= 15 is 0 Å². The fraction of sp³-hybridized carbons (Fsp3) is 0.682. The summed E-state index contributed by atoms with van der Waals surface area (Å²) in [6.07, 6.45) is 0.0866. The predicted octanol–water partition coefficient (Wildman–Crippen LogP) is 4.72. The molecule has 0 amide bonds. The Hall–Kier alpha value is -1.21. The van der Waals surface area contributed by atoms with Gasteiger partial charge in [0.15, 0.2) is 8.32 Å². The van der Waals surface area contributed by atoms with E-state index < -0.39 is 14.4 Å². The average molecular weight is 411 g/mol. The monoisotopic (exact) mass is 410 g/mol. The smallest absolute Gasteiger partial charge is 0.191 e. The molecule has 0 aromatic heterocycles. The molecule has 0 fully saturated rings. The molecule has 0 aliphatic rings. The number of rotatable bonds is 12. The number of ether oxygens (including phenoxy) is 2. The molecular weight excluding hydrogens is 372 g/mol. The summed E-state index contributed by atoms with van der Waals surface area (Å²) in [5.41, 5.74) is 1.03. The van der Waals surface area contributed by atoms with Gasteiger partial charge in [0.05, 0.1) is 25.9 Å². The molecule has 0 saturated carbocycles. The van der Waals surface area contributed by atoms with Crippen LogP contribution in [0.4, 0.5) is 0 Å². The van der Waals surface area contributed by atoms with E-state index in [2.05, 4.69) is 33.9 Å². The molecule has 0 radical (unpaired) electrons. The molecule has 0 unspecified atom stereocenters. The lowest BCUT2D eigenvalue weighted by molar-refractivity contribution is -0.123. The summed E-state index contributed by atoms with van der Waals surface area (Å²) in [6.45, 7) is 13.8. The van der Waals surface area contributed by atoms with E-state index in [9.17, 15) is 9.90 Å². The highest BCUT2D eigenvalue weighted by molar-refractivity contribution is 6.74. The summed E-state index contributed by atoms with van der Waals surface area (Å²) in [4.78, 5) is 12.2. The summed E-state index contributed by atoms with van der Waals surface area (Å²) < 4.78 is 17.0. The van der Waals surface area contributed by atoms with Crippen LogP contribution in [-0.2, 0) is 20.6 Å². The summed E-state index contributed by atoms with van der Waals surface area (Å²) in [5.74, 6) is 0.820. The molecule has 1 N–H and O–H groups in total. The third-order valence-corrected chi connectivity index (χ3v) is 9.93. The number of aliphatic hydroxyl groups is 1. The van der Waals surface area contributed by atoms with Crippen LogP contribution in [0.25, 0.3) is 0 Å². The molecule has 0 aliphatic carbocycles. The van der Waals surface area contributed by atoms with Crippen molar-refractivity contribution >= 4 is 14.1 Å². The molecule has 0 aliphatic heterocycles. The van der Waals surface area contributed by atoms with E-state index in [1.807, 2.05) is 31.2 Å². The van der Waals surface area contributed by atoms with Gasteiger partial charge >= 0.3 is 0 Å². The van der Waals surface area contributed by atoms with Crippen molar-refractivity contribution in [3.63, 3.8) is 0 Å². The first-order valence-corrected chi connectivity index (χ1v) is 12.9. The van der Waals surface area contributed by atoms with Crippen LogP contribution in [0.3, 0.4) is 0 Å². The van der Waals surface area contributed by atoms with Crippen molar-refractivity contribution in [2.24, 2.45) is 0 Å². The number of hydrogen-bond acceptors (Lipinski definition) is 5. The quantitative estimate of drug-likeness (QED) is 0.505. The molecular formula is C22H38O5Si. The van der Waals surface area contributed by atoms with Crippen LogP contribution >= 0.6 is 0 Å². The topological polar surface area (TPSA) is 65.0 Å². The minimum atomic E-state index is -1.81. The molecule has 0 spiro atoms. The molecule has 1 rings (SSSR count). The SMILES string of the molecule is COc1ccc(CO[C@H](C)CC(=O)C[C@H](O)CCO[Si](C)(C)C(C)(C)C)cc1. The Morgan fingerprint density at radius 3 is 2.29 bits per heavy atom. The average Bonchev–Trinajstić information content (AvgIpc) is 2.59. The number of carbonyl (C=O) groups is 1. The Morgan fingerprint density at radius 2 is 1.75 bits per heavy atom. The first-order valence-electron chi connectivity index (χ1n) is 10.0. The van der Waals surface area contributed by atoms with Gasteiger partial charge in [0.1, 0.15) is 11.5 Å². The Bertz CT molecular complexity index is 592. The molecule has 0 heterocycles. The van der Waals surface area contributed by atoms with Crippen LogP contribution in [0.2, 0.25) is 18.1 Å². The molecule has 2 atom stereocenters. The summed E-state index contributed by atoms with van der Waals surface area (Å²) >= 11 is 0. The normalized spacial score (nSPS) is 14.6. The van der Waals surface area contributed by atoms with Crippen LogP contribution in [0.1, 0.15) is 52.5 Å². The summed E-state index contributed by atoms with van der Waals surface area (Å²) in [6, 6.07) is 7.66. The zero-order valence-electron chi connectivity index (χ0n) is 18.6. The van der Waals surface area contributed by atoms with Crippen molar-refractivity contribution in [2.75, 3.05) is 13.7 Å². The Morgan fingerprint density at radius 1 is 1.14 bits per heavy atom. The van der Waals surface area contributed by atoms with E-state index in [0.717, 1.165) is 11.3 Å². The number of benzene rings is 1. The number of hydrogen-bond donors (Lipinski definition) is 1. The van der Waals surface area contributed by atoms with Gasteiger partial charge < -0.3 is 19.0 Å². The Labute approximate surface area is 171 Å². The second kappa shape index (κ2) is 11.1. The van der Waals surface area contributed by atoms with Crippen LogP contribution < -0.4 is 4.74 Å². The fourth-order valence-electron chi connectivity index (χ4n) is 2.45. The number of ketones is 1. The van der Waals surface area contributed by atoms with Crippen molar-refractivity contribution in [1.82, 2.24) is 0 Å². The predicted molar refractivity (Wildman–Crippen MR) is 115 cm³/mol. The molecule has 5 nitrogen and oxygen atoms in total. The number of aliphatic hydroxyl groups excluding tert-OH is 1. The zero-order chi connectivity index (χ0) is 21.4. The van der Waals surface area contributed by atoms with Gasteiger partial charge in [0, 0.05) is 19.4 Å². The zero-order valence-corrected chi connectivity index (χ0v) is 19.6. The van der Waals surface area contributed by atoms with E-state index in [4.69, 9.17) is 13.9 Å². The lowest BCUT2D eigenvalue weighted by Gasteiger charge is -2.36. The lowest BCUT2D eigenvalue weighted by Crippen LogP contribution is -2.41. The van der Waals surface area contributed by atoms with Crippen LogP contribution in [0, 0.1) is 0 Å². The van der Waals surface area contributed by atoms with Crippen molar-refractivity contribution in [1.29, 1.82) is 0 Å². The van der Waals surface area contributed by atoms with Crippen molar-refractivity contribution < 1.29 is 23.8 Å². The molecule has 1 aromatic carbocycles. The van der Waals surface area contributed by atoms with Gasteiger partial charge in [-0.2, -0.15) is 0 Å². The highest BCUT2D eigenvalue weighted by Gasteiger charge is 2.37. The Kier molecular flexibility index (Phi) is 9.84. The third kappa shape index (κ3) is 8.86.